The minimum absolute atomic E-state index is 0.0328. The van der Waals surface area contributed by atoms with Crippen LogP contribution in [0.2, 0.25) is 0 Å². The lowest BCUT2D eigenvalue weighted by Crippen LogP contribution is -2.49. The van der Waals surface area contributed by atoms with Gasteiger partial charge < -0.3 is 34.3 Å². The molecule has 0 aromatic carbocycles. The molecule has 13 heteroatoms. The van der Waals surface area contributed by atoms with Gasteiger partial charge >= 0.3 is 5.97 Å². The van der Waals surface area contributed by atoms with Crippen LogP contribution in [-0.2, 0) is 33.4 Å². The lowest BCUT2D eigenvalue weighted by atomic mass is 10.3. The number of carbonyl (C=O) groups is 5. The molecule has 2 N–H and O–H groups in total. The van der Waals surface area contributed by atoms with Gasteiger partial charge in [-0.05, 0) is 0 Å². The minimum atomic E-state index is -0.921. The van der Waals surface area contributed by atoms with Crippen molar-refractivity contribution in [2.24, 2.45) is 0 Å². The van der Waals surface area contributed by atoms with Crippen molar-refractivity contribution in [3.05, 3.63) is 0 Å². The Morgan fingerprint density at radius 3 is 1.66 bits per heavy atom. The minimum Gasteiger partial charge on any atom is -0.480 e. The van der Waals surface area contributed by atoms with E-state index in [-0.39, 0.29) is 38.7 Å². The molecule has 0 aromatic rings. The van der Waals surface area contributed by atoms with E-state index in [4.69, 9.17) is 9.47 Å². The smallest absolute Gasteiger partial charge is 0.317 e. The highest BCUT2D eigenvalue weighted by Crippen LogP contribution is 2.00. The van der Waals surface area contributed by atoms with Gasteiger partial charge in [0.05, 0.1) is 46.0 Å². The Balaban J connectivity index is 2.60. The Bertz CT molecular complexity index is 613. The van der Waals surface area contributed by atoms with E-state index in [2.05, 4.69) is 5.32 Å². The fourth-order valence-corrected chi connectivity index (χ4v) is 3.54. The van der Waals surface area contributed by atoms with Gasteiger partial charge in [0.1, 0.15) is 25.5 Å². The summed E-state index contributed by atoms with van der Waals surface area (Å²) in [6, 6.07) is 0. The van der Waals surface area contributed by atoms with Gasteiger partial charge in [0.15, 0.2) is 0 Å². The Morgan fingerprint density at radius 1 is 0.686 bits per heavy atom. The summed E-state index contributed by atoms with van der Waals surface area (Å²) in [6.07, 6.45) is 2.31. The summed E-state index contributed by atoms with van der Waals surface area (Å²) in [5, 5.41) is 12.0. The molecule has 1 amide bonds. The van der Waals surface area contributed by atoms with Crippen LogP contribution in [0.5, 0.6) is 0 Å². The molecule has 1 aliphatic heterocycles. The number of aliphatic carboxylic acids is 1. The molecule has 0 radical (unpaired) electrons. The molecule has 200 valence electrons. The molecule has 1 saturated heterocycles. The van der Waals surface area contributed by atoms with Gasteiger partial charge in [-0.15, -0.1) is 0 Å². The summed E-state index contributed by atoms with van der Waals surface area (Å²) in [6.45, 7) is 6.03. The zero-order chi connectivity index (χ0) is 25.7. The second kappa shape index (κ2) is 20.0. The molecule has 0 spiro atoms. The monoisotopic (exact) mass is 501 g/mol. The van der Waals surface area contributed by atoms with Crippen LogP contribution in [0.25, 0.3) is 0 Å². The van der Waals surface area contributed by atoms with Crippen LogP contribution >= 0.6 is 0 Å². The SMILES string of the molecule is O=CCOCCOCCNC(=O)CN1CCN(CC=O)CCN(CC(=O)O)CCN(CC=O)CC1. The van der Waals surface area contributed by atoms with E-state index in [1.54, 1.807) is 4.90 Å². The summed E-state index contributed by atoms with van der Waals surface area (Å²) in [5.41, 5.74) is 0. The van der Waals surface area contributed by atoms with Crippen LogP contribution < -0.4 is 5.32 Å². The molecule has 1 fully saturated rings. The lowest BCUT2D eigenvalue weighted by Gasteiger charge is -2.32. The quantitative estimate of drug-likeness (QED) is 0.164. The van der Waals surface area contributed by atoms with E-state index >= 15 is 0 Å². The van der Waals surface area contributed by atoms with Crippen molar-refractivity contribution >= 4 is 30.7 Å². The van der Waals surface area contributed by atoms with Gasteiger partial charge in [0.2, 0.25) is 5.91 Å². The van der Waals surface area contributed by atoms with Crippen LogP contribution in [0.1, 0.15) is 0 Å². The average molecular weight is 502 g/mol. The summed E-state index contributed by atoms with van der Waals surface area (Å²) < 4.78 is 10.3. The average Bonchev–Trinajstić information content (AvgIpc) is 2.82. The number of nitrogens with zero attached hydrogens (tertiary/aromatic N) is 4. The second-order valence-electron chi connectivity index (χ2n) is 8.08. The van der Waals surface area contributed by atoms with Crippen molar-refractivity contribution in [2.45, 2.75) is 0 Å². The number of carbonyl (C=O) groups excluding carboxylic acids is 4. The number of hydrogen-bond donors (Lipinski definition) is 2. The number of hydrogen-bond acceptors (Lipinski definition) is 11. The molecule has 0 bridgehead atoms. The van der Waals surface area contributed by atoms with Gasteiger partial charge in [-0.2, -0.15) is 0 Å². The Morgan fingerprint density at radius 2 is 1.17 bits per heavy atom. The maximum absolute atomic E-state index is 12.4. The Kier molecular flexibility index (Phi) is 17.5. The van der Waals surface area contributed by atoms with Gasteiger partial charge in [-0.3, -0.25) is 29.2 Å². The first-order valence-corrected chi connectivity index (χ1v) is 11.8. The van der Waals surface area contributed by atoms with Gasteiger partial charge in [0.25, 0.3) is 0 Å². The van der Waals surface area contributed by atoms with E-state index in [9.17, 15) is 29.1 Å². The van der Waals surface area contributed by atoms with Crippen molar-refractivity contribution in [1.29, 1.82) is 0 Å². The highest BCUT2D eigenvalue weighted by molar-refractivity contribution is 5.78. The second-order valence-corrected chi connectivity index (χ2v) is 8.08. The third kappa shape index (κ3) is 16.1. The molecule has 35 heavy (non-hydrogen) atoms. The number of carboxylic acid groups (broad SMARTS) is 1. The summed E-state index contributed by atoms with van der Waals surface area (Å²) in [7, 11) is 0. The lowest BCUT2D eigenvalue weighted by molar-refractivity contribution is -0.138. The molecule has 13 nitrogen and oxygen atoms in total. The Labute approximate surface area is 206 Å². The van der Waals surface area contributed by atoms with Crippen molar-refractivity contribution < 1.29 is 38.6 Å². The maximum Gasteiger partial charge on any atom is 0.317 e. The van der Waals surface area contributed by atoms with Gasteiger partial charge in [0, 0.05) is 58.9 Å². The third-order valence-corrected chi connectivity index (χ3v) is 5.45. The van der Waals surface area contributed by atoms with Crippen LogP contribution in [0.4, 0.5) is 0 Å². The topological polar surface area (TPSA) is 149 Å². The molecular weight excluding hydrogens is 462 g/mol. The predicted molar refractivity (Wildman–Crippen MR) is 126 cm³/mol. The van der Waals surface area contributed by atoms with Crippen molar-refractivity contribution in [3.8, 4) is 0 Å². The molecule has 0 aromatic heterocycles. The van der Waals surface area contributed by atoms with Crippen molar-refractivity contribution in [2.75, 3.05) is 112 Å². The van der Waals surface area contributed by atoms with E-state index in [0.29, 0.717) is 85.0 Å². The van der Waals surface area contributed by atoms with Gasteiger partial charge in [-0.25, -0.2) is 0 Å². The number of amides is 1. The van der Waals surface area contributed by atoms with Crippen molar-refractivity contribution in [3.63, 3.8) is 0 Å². The first-order valence-electron chi connectivity index (χ1n) is 11.8. The number of aldehydes is 3. The molecule has 1 aliphatic rings. The fourth-order valence-electron chi connectivity index (χ4n) is 3.54. The van der Waals surface area contributed by atoms with E-state index in [1.165, 1.54) is 0 Å². The molecule has 0 aliphatic carbocycles. The van der Waals surface area contributed by atoms with Gasteiger partial charge in [-0.1, -0.05) is 0 Å². The summed E-state index contributed by atoms with van der Waals surface area (Å²) >= 11 is 0. The molecule has 0 saturated carbocycles. The highest BCUT2D eigenvalue weighted by Gasteiger charge is 2.18. The molecule has 0 unspecified atom stereocenters. The zero-order valence-corrected chi connectivity index (χ0v) is 20.3. The van der Waals surface area contributed by atoms with E-state index < -0.39 is 5.97 Å². The summed E-state index contributed by atoms with van der Waals surface area (Å²) in [5.74, 6) is -1.08. The highest BCUT2D eigenvalue weighted by atomic mass is 16.5. The maximum atomic E-state index is 12.4. The van der Waals surface area contributed by atoms with Crippen LogP contribution in [0.3, 0.4) is 0 Å². The number of nitrogens with one attached hydrogen (secondary N) is 1. The molecule has 1 rings (SSSR count). The molecular formula is C22H39N5O8. The first kappa shape index (κ1) is 30.7. The number of rotatable bonds is 16. The Hall–Kier alpha value is -2.29. The van der Waals surface area contributed by atoms with Crippen LogP contribution in [0.15, 0.2) is 0 Å². The predicted octanol–water partition coefficient (Wildman–Crippen LogP) is -2.96. The van der Waals surface area contributed by atoms with E-state index in [1.807, 2.05) is 14.7 Å². The fraction of sp³-hybridized carbons (Fsp3) is 0.773. The zero-order valence-electron chi connectivity index (χ0n) is 20.3. The number of ether oxygens (including phenoxy) is 2. The molecule has 1 heterocycles. The van der Waals surface area contributed by atoms with E-state index in [0.717, 1.165) is 12.6 Å². The van der Waals surface area contributed by atoms with Crippen molar-refractivity contribution in [1.82, 2.24) is 24.9 Å². The number of carboxylic acids is 1. The normalized spacial score (nSPS) is 17.7. The summed E-state index contributed by atoms with van der Waals surface area (Å²) in [4.78, 5) is 63.7. The van der Waals surface area contributed by atoms with Crippen LogP contribution in [0, 0.1) is 0 Å². The standard InChI is InChI=1S/C22H39N5O8/c28-12-10-24-2-6-26(19-21(31)23-1-15-34-17-18-35-16-14-30)7-3-25(11-13-29)5-9-27(8-4-24)20-22(32)33/h12-14H,1-11,15-20H2,(H,23,31)(H,32,33). The third-order valence-electron chi connectivity index (χ3n) is 5.45. The first-order chi connectivity index (χ1) is 17.0. The van der Waals surface area contributed by atoms with Crippen LogP contribution in [-0.4, -0.2) is 167 Å². The largest absolute Gasteiger partial charge is 0.480 e. The molecule has 0 atom stereocenters.